The van der Waals surface area contributed by atoms with Crippen LogP contribution in [0.2, 0.25) is 0 Å². The van der Waals surface area contributed by atoms with Crippen LogP contribution in [0.25, 0.3) is 11.1 Å². The number of fused-ring (bicyclic) bond motifs is 1. The van der Waals surface area contributed by atoms with E-state index in [1.54, 1.807) is 0 Å². The third-order valence-corrected chi connectivity index (χ3v) is 3.48. The van der Waals surface area contributed by atoms with Gasteiger partial charge in [0.05, 0.1) is 5.69 Å². The monoisotopic (exact) mass is 246 g/mol. The van der Waals surface area contributed by atoms with Crippen molar-refractivity contribution in [2.24, 2.45) is 5.92 Å². The van der Waals surface area contributed by atoms with Crippen LogP contribution in [0.15, 0.2) is 22.6 Å². The first-order valence-electron chi connectivity index (χ1n) is 6.30. The molecule has 0 aliphatic carbocycles. The zero-order chi connectivity index (χ0) is 12.5. The Bertz CT molecular complexity index is 551. The summed E-state index contributed by atoms with van der Waals surface area (Å²) in [5.74, 6) is 0.669. The molecule has 18 heavy (non-hydrogen) atoms. The summed E-state index contributed by atoms with van der Waals surface area (Å²) >= 11 is 0. The molecule has 1 saturated heterocycles. The van der Waals surface area contributed by atoms with Crippen molar-refractivity contribution in [2.45, 2.75) is 6.42 Å². The number of nitrogens with zero attached hydrogens (tertiary/aromatic N) is 2. The molecule has 5 heteroatoms. The highest BCUT2D eigenvalue weighted by atomic mass is 16.4. The van der Waals surface area contributed by atoms with Crippen LogP contribution >= 0.6 is 0 Å². The fourth-order valence-electron chi connectivity index (χ4n) is 2.47. The predicted octanol–water partition coefficient (Wildman–Crippen LogP) is 1.77. The van der Waals surface area contributed by atoms with Gasteiger partial charge in [-0.2, -0.15) is 4.98 Å². The molecule has 2 aromatic rings. The first-order valence-corrected chi connectivity index (χ1v) is 6.30. The Labute approximate surface area is 106 Å². The highest BCUT2D eigenvalue weighted by Gasteiger charge is 2.19. The zero-order valence-electron chi connectivity index (χ0n) is 10.5. The molecule has 96 valence electrons. The first-order chi connectivity index (χ1) is 8.72. The molecule has 1 aromatic carbocycles. The van der Waals surface area contributed by atoms with Gasteiger partial charge in [-0.05, 0) is 38.1 Å². The van der Waals surface area contributed by atoms with E-state index in [0.29, 0.717) is 17.6 Å². The second-order valence-corrected chi connectivity index (χ2v) is 5.01. The summed E-state index contributed by atoms with van der Waals surface area (Å²) in [6.45, 7) is 3.21. The number of anilines is 2. The third-order valence-electron chi connectivity index (χ3n) is 3.48. The SMILES string of the molecule is CN1CCC(CNc2nc3c(N)cccc3o2)C1. The van der Waals surface area contributed by atoms with Crippen molar-refractivity contribution >= 4 is 22.8 Å². The maximum Gasteiger partial charge on any atom is 0.295 e. The molecule has 0 bridgehead atoms. The lowest BCUT2D eigenvalue weighted by Crippen LogP contribution is -2.19. The summed E-state index contributed by atoms with van der Waals surface area (Å²) in [6, 6.07) is 6.16. The molecule has 1 aromatic heterocycles. The highest BCUT2D eigenvalue weighted by molar-refractivity contribution is 5.86. The van der Waals surface area contributed by atoms with Crippen molar-refractivity contribution in [2.75, 3.05) is 37.7 Å². The van der Waals surface area contributed by atoms with Crippen molar-refractivity contribution in [3.63, 3.8) is 0 Å². The molecule has 1 unspecified atom stereocenters. The molecule has 0 saturated carbocycles. The van der Waals surface area contributed by atoms with Gasteiger partial charge in [0.25, 0.3) is 6.01 Å². The van der Waals surface area contributed by atoms with E-state index in [9.17, 15) is 0 Å². The molecule has 2 heterocycles. The fraction of sp³-hybridized carbons (Fsp3) is 0.462. The smallest absolute Gasteiger partial charge is 0.295 e. The number of oxazole rings is 1. The second kappa shape index (κ2) is 4.49. The number of hydrogen-bond acceptors (Lipinski definition) is 5. The number of para-hydroxylation sites is 1. The van der Waals surface area contributed by atoms with Crippen LogP contribution in [-0.4, -0.2) is 36.6 Å². The molecule has 0 amide bonds. The predicted molar refractivity (Wildman–Crippen MR) is 72.5 cm³/mol. The van der Waals surface area contributed by atoms with Crippen LogP contribution in [0, 0.1) is 5.92 Å². The Morgan fingerprint density at radius 1 is 1.56 bits per heavy atom. The van der Waals surface area contributed by atoms with E-state index in [2.05, 4.69) is 22.2 Å². The van der Waals surface area contributed by atoms with Crippen LogP contribution in [0.4, 0.5) is 11.7 Å². The summed E-state index contributed by atoms with van der Waals surface area (Å²) in [7, 11) is 2.15. The molecule has 3 N–H and O–H groups in total. The number of nitrogens with two attached hydrogens (primary N) is 1. The molecule has 1 aliphatic heterocycles. The lowest BCUT2D eigenvalue weighted by atomic mass is 10.1. The Kier molecular flexibility index (Phi) is 2.83. The topological polar surface area (TPSA) is 67.3 Å². The molecule has 3 rings (SSSR count). The Morgan fingerprint density at radius 2 is 2.44 bits per heavy atom. The largest absolute Gasteiger partial charge is 0.423 e. The number of benzene rings is 1. The summed E-state index contributed by atoms with van der Waals surface area (Å²) in [4.78, 5) is 6.72. The lowest BCUT2D eigenvalue weighted by Gasteiger charge is -2.09. The number of hydrogen-bond donors (Lipinski definition) is 2. The van der Waals surface area contributed by atoms with Gasteiger partial charge in [-0.1, -0.05) is 6.07 Å². The number of nitrogens with one attached hydrogen (secondary N) is 1. The molecular formula is C13H18N4O. The average molecular weight is 246 g/mol. The second-order valence-electron chi connectivity index (χ2n) is 5.01. The lowest BCUT2D eigenvalue weighted by molar-refractivity contribution is 0.398. The van der Waals surface area contributed by atoms with Crippen LogP contribution in [-0.2, 0) is 0 Å². The number of likely N-dealkylation sites (tertiary alicyclic amines) is 1. The molecule has 0 spiro atoms. The van der Waals surface area contributed by atoms with Gasteiger partial charge in [0.2, 0.25) is 0 Å². The Hall–Kier alpha value is -1.75. The molecule has 1 aliphatic rings. The minimum atomic E-state index is 0.567. The normalized spacial score (nSPS) is 20.6. The van der Waals surface area contributed by atoms with Crippen molar-refractivity contribution in [1.29, 1.82) is 0 Å². The van der Waals surface area contributed by atoms with Crippen LogP contribution in [0.3, 0.4) is 0 Å². The van der Waals surface area contributed by atoms with Gasteiger partial charge in [0.1, 0.15) is 5.52 Å². The Balaban J connectivity index is 1.69. The van der Waals surface area contributed by atoms with Crippen molar-refractivity contribution in [1.82, 2.24) is 9.88 Å². The number of nitrogen functional groups attached to an aromatic ring is 1. The van der Waals surface area contributed by atoms with E-state index >= 15 is 0 Å². The van der Waals surface area contributed by atoms with Crippen molar-refractivity contribution < 1.29 is 4.42 Å². The molecule has 5 nitrogen and oxygen atoms in total. The summed E-state index contributed by atoms with van der Waals surface area (Å²) in [6.07, 6.45) is 1.23. The van der Waals surface area contributed by atoms with Gasteiger partial charge in [-0.3, -0.25) is 0 Å². The Morgan fingerprint density at radius 3 is 3.17 bits per heavy atom. The average Bonchev–Trinajstić information content (AvgIpc) is 2.93. The standard InChI is InChI=1S/C13H18N4O/c1-17-6-5-9(8-17)7-15-13-16-12-10(14)3-2-4-11(12)18-13/h2-4,9H,5-8,14H2,1H3,(H,15,16). The van der Waals surface area contributed by atoms with Crippen LogP contribution < -0.4 is 11.1 Å². The fourth-order valence-corrected chi connectivity index (χ4v) is 2.47. The van der Waals surface area contributed by atoms with Gasteiger partial charge in [0.15, 0.2) is 5.58 Å². The van der Waals surface area contributed by atoms with Gasteiger partial charge >= 0.3 is 0 Å². The van der Waals surface area contributed by atoms with E-state index in [4.69, 9.17) is 10.2 Å². The van der Waals surface area contributed by atoms with E-state index in [0.717, 1.165) is 24.2 Å². The van der Waals surface area contributed by atoms with E-state index in [-0.39, 0.29) is 0 Å². The molecule has 0 radical (unpaired) electrons. The minimum absolute atomic E-state index is 0.567. The maximum atomic E-state index is 5.85. The van der Waals surface area contributed by atoms with Crippen LogP contribution in [0.1, 0.15) is 6.42 Å². The van der Waals surface area contributed by atoms with E-state index in [1.807, 2.05) is 18.2 Å². The summed E-state index contributed by atoms with van der Waals surface area (Å²) < 4.78 is 5.62. The van der Waals surface area contributed by atoms with Gasteiger partial charge in [-0.25, -0.2) is 0 Å². The quantitative estimate of drug-likeness (QED) is 0.808. The third kappa shape index (κ3) is 2.13. The van der Waals surface area contributed by atoms with E-state index in [1.165, 1.54) is 13.0 Å². The van der Waals surface area contributed by atoms with Gasteiger partial charge < -0.3 is 20.4 Å². The molecule has 1 fully saturated rings. The van der Waals surface area contributed by atoms with Crippen molar-refractivity contribution in [3.05, 3.63) is 18.2 Å². The molecular weight excluding hydrogens is 228 g/mol. The van der Waals surface area contributed by atoms with Gasteiger partial charge in [0, 0.05) is 13.1 Å². The summed E-state index contributed by atoms with van der Waals surface area (Å²) in [5, 5.41) is 3.26. The maximum absolute atomic E-state index is 5.85. The van der Waals surface area contributed by atoms with E-state index < -0.39 is 0 Å². The zero-order valence-corrected chi connectivity index (χ0v) is 10.5. The molecule has 1 atom stereocenters. The number of rotatable bonds is 3. The van der Waals surface area contributed by atoms with Gasteiger partial charge in [-0.15, -0.1) is 0 Å². The number of aromatic nitrogens is 1. The van der Waals surface area contributed by atoms with Crippen LogP contribution in [0.5, 0.6) is 0 Å². The van der Waals surface area contributed by atoms with Crippen molar-refractivity contribution in [3.8, 4) is 0 Å². The summed E-state index contributed by atoms with van der Waals surface area (Å²) in [5.41, 5.74) is 7.98. The highest BCUT2D eigenvalue weighted by Crippen LogP contribution is 2.24. The minimum Gasteiger partial charge on any atom is -0.423 e. The first kappa shape index (κ1) is 11.3.